The molecule has 0 aliphatic rings. The molecule has 5 nitrogen and oxygen atoms in total. The lowest BCUT2D eigenvalue weighted by molar-refractivity contribution is 0.489. The number of benzene rings is 1. The van der Waals surface area contributed by atoms with Gasteiger partial charge in [-0.05, 0) is 12.1 Å². The quantitative estimate of drug-likeness (QED) is 0.562. The number of sulfonamides is 1. The Morgan fingerprint density at radius 2 is 2.00 bits per heavy atom. The fraction of sp³-hybridized carbons (Fsp3) is 0.364. The van der Waals surface area contributed by atoms with Crippen LogP contribution in [0.2, 0.25) is 0 Å². The molecule has 0 fully saturated rings. The van der Waals surface area contributed by atoms with Crippen LogP contribution in [0.15, 0.2) is 23.1 Å². The Morgan fingerprint density at radius 3 is 2.47 bits per heavy atom. The molecule has 0 aromatic heterocycles. The molecule has 1 rings (SSSR count). The van der Waals surface area contributed by atoms with Crippen molar-refractivity contribution in [2.24, 2.45) is 11.1 Å². The summed E-state index contributed by atoms with van der Waals surface area (Å²) in [7, 11) is -4.12. The van der Waals surface area contributed by atoms with Crippen LogP contribution < -0.4 is 10.5 Å². The van der Waals surface area contributed by atoms with E-state index in [1.807, 2.05) is 0 Å². The first-order chi connectivity index (χ1) is 8.56. The molecule has 0 spiro atoms. The van der Waals surface area contributed by atoms with Crippen LogP contribution in [0.25, 0.3) is 0 Å². The Morgan fingerprint density at radius 1 is 1.42 bits per heavy atom. The largest absolute Gasteiger partial charge is 0.387 e. The van der Waals surface area contributed by atoms with Crippen molar-refractivity contribution in [1.29, 1.82) is 5.41 Å². The minimum Gasteiger partial charge on any atom is -0.387 e. The van der Waals surface area contributed by atoms with Gasteiger partial charge in [-0.1, -0.05) is 13.8 Å². The second-order valence-corrected chi connectivity index (χ2v) is 6.43. The van der Waals surface area contributed by atoms with Crippen molar-refractivity contribution in [2.45, 2.75) is 18.7 Å². The number of amidine groups is 1. The van der Waals surface area contributed by atoms with Gasteiger partial charge in [0, 0.05) is 18.0 Å². The zero-order valence-electron chi connectivity index (χ0n) is 10.5. The Kier molecular flexibility index (Phi) is 4.26. The van der Waals surface area contributed by atoms with E-state index in [2.05, 4.69) is 4.72 Å². The van der Waals surface area contributed by atoms with Crippen molar-refractivity contribution in [1.82, 2.24) is 4.72 Å². The summed E-state index contributed by atoms with van der Waals surface area (Å²) >= 11 is 0. The van der Waals surface area contributed by atoms with Gasteiger partial charge in [-0.15, -0.1) is 0 Å². The molecule has 0 saturated carbocycles. The van der Waals surface area contributed by atoms with E-state index >= 15 is 0 Å². The van der Waals surface area contributed by atoms with Crippen molar-refractivity contribution in [3.8, 4) is 0 Å². The summed E-state index contributed by atoms with van der Waals surface area (Å²) in [6.45, 7) is 2.97. The van der Waals surface area contributed by atoms with E-state index in [1.54, 1.807) is 13.8 Å². The summed E-state index contributed by atoms with van der Waals surface area (Å²) in [6.07, 6.45) is 0. The molecule has 0 saturated heterocycles. The lowest BCUT2D eigenvalue weighted by atomic mass is 9.93. The van der Waals surface area contributed by atoms with E-state index < -0.39 is 32.0 Å². The fourth-order valence-corrected chi connectivity index (χ4v) is 2.41. The minimum atomic E-state index is -4.12. The second-order valence-electron chi connectivity index (χ2n) is 4.70. The maximum absolute atomic E-state index is 13.4. The van der Waals surface area contributed by atoms with Crippen LogP contribution in [0.1, 0.15) is 13.8 Å². The molecular formula is C11H15F2N3O2S. The molecule has 1 aromatic carbocycles. The molecule has 4 N–H and O–H groups in total. The highest BCUT2D eigenvalue weighted by atomic mass is 32.2. The van der Waals surface area contributed by atoms with Gasteiger partial charge in [-0.2, -0.15) is 0 Å². The molecular weight excluding hydrogens is 276 g/mol. The fourth-order valence-electron chi connectivity index (χ4n) is 1.14. The lowest BCUT2D eigenvalue weighted by Crippen LogP contribution is -2.42. The van der Waals surface area contributed by atoms with Crippen LogP contribution in [-0.4, -0.2) is 20.8 Å². The number of rotatable bonds is 5. The van der Waals surface area contributed by atoms with Crippen molar-refractivity contribution >= 4 is 15.9 Å². The Hall–Kier alpha value is -1.54. The predicted octanol–water partition coefficient (Wildman–Crippen LogP) is 1.21. The maximum Gasteiger partial charge on any atom is 0.243 e. The van der Waals surface area contributed by atoms with Crippen molar-refractivity contribution < 1.29 is 17.2 Å². The van der Waals surface area contributed by atoms with E-state index in [-0.39, 0.29) is 12.4 Å². The molecule has 1 aromatic rings. The summed E-state index contributed by atoms with van der Waals surface area (Å²) in [6, 6.07) is 2.19. The van der Waals surface area contributed by atoms with Gasteiger partial charge in [-0.3, -0.25) is 5.41 Å². The first-order valence-corrected chi connectivity index (χ1v) is 6.84. The third-order valence-corrected chi connectivity index (χ3v) is 4.05. The Bertz CT molecular complexity index is 600. The summed E-state index contributed by atoms with van der Waals surface area (Å²) < 4.78 is 52.0. The molecule has 0 unspecified atom stereocenters. The van der Waals surface area contributed by atoms with Gasteiger partial charge in [0.15, 0.2) is 0 Å². The third kappa shape index (κ3) is 3.71. The summed E-state index contributed by atoms with van der Waals surface area (Å²) in [4.78, 5) is -0.645. The van der Waals surface area contributed by atoms with Gasteiger partial charge in [-0.25, -0.2) is 21.9 Å². The van der Waals surface area contributed by atoms with E-state index in [9.17, 15) is 17.2 Å². The summed E-state index contributed by atoms with van der Waals surface area (Å²) in [5, 5.41) is 7.30. The zero-order chi connectivity index (χ0) is 14.8. The Balaban J connectivity index is 2.97. The lowest BCUT2D eigenvalue weighted by Gasteiger charge is -2.23. The van der Waals surface area contributed by atoms with E-state index in [1.165, 1.54) is 0 Å². The molecule has 0 radical (unpaired) electrons. The third-order valence-electron chi connectivity index (χ3n) is 2.62. The monoisotopic (exact) mass is 291 g/mol. The SMILES string of the molecule is CC(C)(CNS(=O)(=O)c1ccc(F)cc1F)C(=N)N. The normalized spacial score (nSPS) is 12.4. The highest BCUT2D eigenvalue weighted by Gasteiger charge is 2.26. The maximum atomic E-state index is 13.4. The van der Waals surface area contributed by atoms with Crippen molar-refractivity contribution in [3.63, 3.8) is 0 Å². The molecule has 0 aliphatic carbocycles. The molecule has 8 heteroatoms. The van der Waals surface area contributed by atoms with E-state index in [0.29, 0.717) is 6.07 Å². The van der Waals surface area contributed by atoms with Crippen molar-refractivity contribution in [2.75, 3.05) is 6.54 Å². The Labute approximate surface area is 110 Å². The molecule has 0 heterocycles. The highest BCUT2D eigenvalue weighted by molar-refractivity contribution is 7.89. The smallest absolute Gasteiger partial charge is 0.243 e. The predicted molar refractivity (Wildman–Crippen MR) is 67.2 cm³/mol. The molecule has 106 valence electrons. The second kappa shape index (κ2) is 5.22. The number of halogens is 2. The van der Waals surface area contributed by atoms with E-state index in [4.69, 9.17) is 11.1 Å². The first kappa shape index (κ1) is 15.5. The molecule has 0 aliphatic heterocycles. The topological polar surface area (TPSA) is 96.0 Å². The van der Waals surface area contributed by atoms with Gasteiger partial charge in [0.05, 0.1) is 5.84 Å². The summed E-state index contributed by atoms with van der Waals surface area (Å²) in [5.74, 6) is -2.23. The van der Waals surface area contributed by atoms with Gasteiger partial charge in [0.25, 0.3) is 0 Å². The highest BCUT2D eigenvalue weighted by Crippen LogP contribution is 2.18. The van der Waals surface area contributed by atoms with Gasteiger partial charge in [0.1, 0.15) is 16.5 Å². The van der Waals surface area contributed by atoms with Crippen LogP contribution in [0, 0.1) is 22.5 Å². The standard InChI is InChI=1S/C11H15F2N3O2S/c1-11(2,10(14)15)6-16-19(17,18)9-4-3-7(12)5-8(9)13/h3-5,16H,6H2,1-2H3,(H3,14,15). The van der Waals surface area contributed by atoms with Gasteiger partial charge >= 0.3 is 0 Å². The summed E-state index contributed by atoms with van der Waals surface area (Å²) in [5.41, 5.74) is 4.41. The van der Waals surface area contributed by atoms with Crippen LogP contribution in [0.5, 0.6) is 0 Å². The number of hydrogen-bond acceptors (Lipinski definition) is 3. The van der Waals surface area contributed by atoms with Crippen LogP contribution in [0.3, 0.4) is 0 Å². The molecule has 0 amide bonds. The zero-order valence-corrected chi connectivity index (χ0v) is 11.3. The van der Waals surface area contributed by atoms with Gasteiger partial charge < -0.3 is 5.73 Å². The number of nitrogens with one attached hydrogen (secondary N) is 2. The average molecular weight is 291 g/mol. The average Bonchev–Trinajstić information content (AvgIpc) is 2.26. The van der Waals surface area contributed by atoms with Crippen LogP contribution in [0.4, 0.5) is 8.78 Å². The molecule has 0 bridgehead atoms. The van der Waals surface area contributed by atoms with E-state index in [0.717, 1.165) is 12.1 Å². The first-order valence-electron chi connectivity index (χ1n) is 5.35. The van der Waals surface area contributed by atoms with Crippen LogP contribution >= 0.6 is 0 Å². The van der Waals surface area contributed by atoms with Gasteiger partial charge in [0.2, 0.25) is 10.0 Å². The molecule has 0 atom stereocenters. The molecule has 19 heavy (non-hydrogen) atoms. The van der Waals surface area contributed by atoms with Crippen molar-refractivity contribution in [3.05, 3.63) is 29.8 Å². The minimum absolute atomic E-state index is 0.165. The van der Waals surface area contributed by atoms with Crippen LogP contribution in [-0.2, 0) is 10.0 Å². The number of hydrogen-bond donors (Lipinski definition) is 3. The number of nitrogens with two attached hydrogens (primary N) is 1.